The Morgan fingerprint density at radius 1 is 1.08 bits per heavy atom. The third-order valence-electron chi connectivity index (χ3n) is 8.88. The van der Waals surface area contributed by atoms with E-state index in [9.17, 15) is 9.90 Å². The molecule has 2 heteroatoms. The molecule has 4 aliphatic rings. The highest BCUT2D eigenvalue weighted by atomic mass is 16.3. The summed E-state index contributed by atoms with van der Waals surface area (Å²) in [6.45, 7) is 8.66. The van der Waals surface area contributed by atoms with Crippen LogP contribution in [-0.4, -0.2) is 16.5 Å². The van der Waals surface area contributed by atoms with Gasteiger partial charge < -0.3 is 5.11 Å². The summed E-state index contributed by atoms with van der Waals surface area (Å²) in [5.41, 5.74) is -0.0232. The molecule has 0 aromatic rings. The lowest BCUT2D eigenvalue weighted by Crippen LogP contribution is -2.54. The van der Waals surface area contributed by atoms with Gasteiger partial charge in [-0.1, -0.05) is 26.0 Å². The first kappa shape index (κ1) is 16.8. The van der Waals surface area contributed by atoms with E-state index in [0.717, 1.165) is 31.6 Å². The van der Waals surface area contributed by atoms with Crippen LogP contribution in [-0.2, 0) is 4.79 Å². The number of hydrogen-bond donors (Lipinski definition) is 1. The summed E-state index contributed by atoms with van der Waals surface area (Å²) >= 11 is 0. The summed E-state index contributed by atoms with van der Waals surface area (Å²) in [6, 6.07) is 0. The van der Waals surface area contributed by atoms with E-state index in [1.165, 1.54) is 19.3 Å². The van der Waals surface area contributed by atoms with Crippen LogP contribution in [0.1, 0.15) is 72.6 Å². The van der Waals surface area contributed by atoms with Gasteiger partial charge >= 0.3 is 0 Å². The van der Waals surface area contributed by atoms with Crippen LogP contribution < -0.4 is 0 Å². The molecule has 0 radical (unpaired) electrons. The van der Waals surface area contributed by atoms with Crippen molar-refractivity contribution in [3.8, 4) is 0 Å². The Balaban J connectivity index is 1.67. The molecule has 134 valence electrons. The van der Waals surface area contributed by atoms with E-state index in [-0.39, 0.29) is 11.3 Å². The van der Waals surface area contributed by atoms with Gasteiger partial charge in [0.25, 0.3) is 0 Å². The lowest BCUT2D eigenvalue weighted by molar-refractivity contribution is -0.127. The summed E-state index contributed by atoms with van der Waals surface area (Å²) in [5, 5.41) is 10.6. The maximum atomic E-state index is 12.2. The lowest BCUT2D eigenvalue weighted by atomic mass is 9.46. The quantitative estimate of drug-likeness (QED) is 0.704. The fraction of sp³-hybridized carbons (Fsp3) is 0.864. The van der Waals surface area contributed by atoms with Crippen molar-refractivity contribution in [3.05, 3.63) is 12.2 Å². The maximum Gasteiger partial charge on any atom is 0.133 e. The molecular formula is C22H34O2. The number of allylic oxidation sites excluding steroid dienone is 2. The number of carbonyl (C=O) groups is 1. The van der Waals surface area contributed by atoms with Crippen molar-refractivity contribution in [1.29, 1.82) is 0 Å². The molecular weight excluding hydrogens is 296 g/mol. The minimum absolute atomic E-state index is 0.0936. The van der Waals surface area contributed by atoms with E-state index in [4.69, 9.17) is 0 Å². The highest BCUT2D eigenvalue weighted by Crippen LogP contribution is 2.65. The zero-order valence-electron chi connectivity index (χ0n) is 15.8. The number of hydrogen-bond acceptors (Lipinski definition) is 2. The molecule has 2 nitrogen and oxygen atoms in total. The van der Waals surface area contributed by atoms with Gasteiger partial charge in [0.15, 0.2) is 0 Å². The molecule has 0 spiro atoms. The summed E-state index contributed by atoms with van der Waals surface area (Å²) in [7, 11) is 0. The fourth-order valence-electron chi connectivity index (χ4n) is 7.45. The van der Waals surface area contributed by atoms with Crippen LogP contribution >= 0.6 is 0 Å². The van der Waals surface area contributed by atoms with Crippen LogP contribution in [0.5, 0.6) is 0 Å². The third kappa shape index (κ3) is 2.21. The number of ketones is 1. The molecule has 0 aromatic carbocycles. The van der Waals surface area contributed by atoms with Crippen molar-refractivity contribution in [2.24, 2.45) is 40.4 Å². The SMILES string of the molecule is CC(=O)[C@H]1CC[C@H]2[C@@H]3CCC4CC(C)(O)CC[C@]4(C)[C@H]3C=C[C@]12C. The predicted octanol–water partition coefficient (Wildman–Crippen LogP) is 4.76. The first-order valence-corrected chi connectivity index (χ1v) is 10.1. The molecule has 4 rings (SSSR count). The normalized spacial score (nSPS) is 56.3. The van der Waals surface area contributed by atoms with E-state index in [1.807, 2.05) is 6.92 Å². The minimum Gasteiger partial charge on any atom is -0.390 e. The van der Waals surface area contributed by atoms with Gasteiger partial charge in [0.05, 0.1) is 5.60 Å². The van der Waals surface area contributed by atoms with E-state index in [2.05, 4.69) is 26.0 Å². The Kier molecular flexibility index (Phi) is 3.64. The first-order valence-electron chi connectivity index (χ1n) is 10.1. The second-order valence-electron chi connectivity index (χ2n) is 10.2. The monoisotopic (exact) mass is 330 g/mol. The molecule has 0 saturated heterocycles. The van der Waals surface area contributed by atoms with Gasteiger partial charge in [0.2, 0.25) is 0 Å². The minimum atomic E-state index is -0.461. The number of carbonyl (C=O) groups excluding carboxylic acids is 1. The number of aliphatic hydroxyl groups is 1. The van der Waals surface area contributed by atoms with Crippen LogP contribution in [0, 0.1) is 40.4 Å². The Labute approximate surface area is 147 Å². The van der Waals surface area contributed by atoms with Crippen LogP contribution in [0.25, 0.3) is 0 Å². The largest absolute Gasteiger partial charge is 0.390 e. The van der Waals surface area contributed by atoms with Crippen LogP contribution in [0.15, 0.2) is 12.2 Å². The van der Waals surface area contributed by atoms with E-state index < -0.39 is 5.60 Å². The van der Waals surface area contributed by atoms with Crippen LogP contribution in [0.3, 0.4) is 0 Å². The van der Waals surface area contributed by atoms with Crippen molar-refractivity contribution in [1.82, 2.24) is 0 Å². The van der Waals surface area contributed by atoms with Crippen molar-refractivity contribution in [2.75, 3.05) is 0 Å². The predicted molar refractivity (Wildman–Crippen MR) is 96.4 cm³/mol. The molecule has 8 atom stereocenters. The molecule has 3 fully saturated rings. The zero-order chi connectivity index (χ0) is 17.3. The molecule has 0 amide bonds. The van der Waals surface area contributed by atoms with Crippen molar-refractivity contribution in [3.63, 3.8) is 0 Å². The number of Topliss-reactive ketones (excluding diaryl/α,β-unsaturated/α-hetero) is 1. The maximum absolute atomic E-state index is 12.2. The summed E-state index contributed by atoms with van der Waals surface area (Å²) in [6.07, 6.45) is 12.9. The summed E-state index contributed by atoms with van der Waals surface area (Å²) in [5.74, 6) is 3.35. The van der Waals surface area contributed by atoms with Crippen molar-refractivity contribution < 1.29 is 9.90 Å². The highest BCUT2D eigenvalue weighted by molar-refractivity contribution is 5.80. The average molecular weight is 331 g/mol. The van der Waals surface area contributed by atoms with E-state index >= 15 is 0 Å². The zero-order valence-corrected chi connectivity index (χ0v) is 15.8. The molecule has 0 bridgehead atoms. The molecule has 0 aliphatic heterocycles. The topological polar surface area (TPSA) is 37.3 Å². The third-order valence-corrected chi connectivity index (χ3v) is 8.88. The van der Waals surface area contributed by atoms with Crippen LogP contribution in [0.4, 0.5) is 0 Å². The Morgan fingerprint density at radius 3 is 2.54 bits per heavy atom. The Morgan fingerprint density at radius 2 is 1.83 bits per heavy atom. The van der Waals surface area contributed by atoms with Crippen LogP contribution in [0.2, 0.25) is 0 Å². The molecule has 2 unspecified atom stereocenters. The van der Waals surface area contributed by atoms with Crippen molar-refractivity contribution >= 4 is 5.78 Å². The number of fused-ring (bicyclic) bond motifs is 5. The van der Waals surface area contributed by atoms with Gasteiger partial charge in [-0.25, -0.2) is 0 Å². The van der Waals surface area contributed by atoms with E-state index in [1.54, 1.807) is 6.92 Å². The lowest BCUT2D eigenvalue weighted by Gasteiger charge is -2.59. The van der Waals surface area contributed by atoms with Gasteiger partial charge in [-0.3, -0.25) is 4.79 Å². The van der Waals surface area contributed by atoms with Gasteiger partial charge in [-0.15, -0.1) is 0 Å². The second-order valence-corrected chi connectivity index (χ2v) is 10.2. The smallest absolute Gasteiger partial charge is 0.133 e. The first-order chi connectivity index (χ1) is 11.2. The van der Waals surface area contributed by atoms with Gasteiger partial charge in [0.1, 0.15) is 5.78 Å². The molecule has 4 aliphatic carbocycles. The second kappa shape index (κ2) is 5.19. The molecule has 1 N–H and O–H groups in total. The number of rotatable bonds is 1. The van der Waals surface area contributed by atoms with Gasteiger partial charge in [0, 0.05) is 5.92 Å². The fourth-order valence-corrected chi connectivity index (χ4v) is 7.45. The van der Waals surface area contributed by atoms with Gasteiger partial charge in [-0.2, -0.15) is 0 Å². The molecule has 3 saturated carbocycles. The molecule has 24 heavy (non-hydrogen) atoms. The Bertz CT molecular complexity index is 577. The Hall–Kier alpha value is -0.630. The standard InChI is InChI=1S/C22H34O2/c1-14(23)17-7-8-18-16-6-5-15-13-20(2,24)11-12-21(15,3)19(16)9-10-22(17,18)4/h9-10,15-19,24H,5-8,11-13H2,1-4H3/t15?,16-,17+,18-,19-,20?,21-,22+/m0/s1. The van der Waals surface area contributed by atoms with Gasteiger partial charge in [-0.05, 0) is 93.3 Å². The van der Waals surface area contributed by atoms with E-state index in [0.29, 0.717) is 29.0 Å². The summed E-state index contributed by atoms with van der Waals surface area (Å²) in [4.78, 5) is 12.2. The molecule has 0 heterocycles. The van der Waals surface area contributed by atoms with Crippen molar-refractivity contribution in [2.45, 2.75) is 78.2 Å². The highest BCUT2D eigenvalue weighted by Gasteiger charge is 2.59. The summed E-state index contributed by atoms with van der Waals surface area (Å²) < 4.78 is 0. The molecule has 0 aromatic heterocycles. The average Bonchev–Trinajstić information content (AvgIpc) is 2.85.